The van der Waals surface area contributed by atoms with Gasteiger partial charge in [-0.25, -0.2) is 0 Å². The number of hydrogen-bond donors (Lipinski definition) is 1. The first-order valence-electron chi connectivity index (χ1n) is 6.29. The molecular formula is C15H15ClN2O2. The summed E-state index contributed by atoms with van der Waals surface area (Å²) in [5, 5.41) is 14.3. The third-order valence-electron chi connectivity index (χ3n) is 3.12. The van der Waals surface area contributed by atoms with Crippen molar-refractivity contribution in [2.45, 2.75) is 19.5 Å². The highest BCUT2D eigenvalue weighted by Gasteiger charge is 2.13. The summed E-state index contributed by atoms with van der Waals surface area (Å²) in [5.41, 5.74) is 1.96. The van der Waals surface area contributed by atoms with Gasteiger partial charge in [-0.15, -0.1) is 0 Å². The molecule has 1 N–H and O–H groups in total. The van der Waals surface area contributed by atoms with Gasteiger partial charge in [0.05, 0.1) is 4.92 Å². The molecule has 0 aliphatic carbocycles. The number of benzene rings is 2. The minimum atomic E-state index is -0.466. The van der Waals surface area contributed by atoms with Gasteiger partial charge in [0, 0.05) is 18.7 Å². The number of rotatable bonds is 5. The van der Waals surface area contributed by atoms with E-state index in [4.69, 9.17) is 11.6 Å². The van der Waals surface area contributed by atoms with E-state index in [2.05, 4.69) is 12.2 Å². The van der Waals surface area contributed by atoms with Crippen molar-refractivity contribution in [2.24, 2.45) is 0 Å². The molecule has 4 nitrogen and oxygen atoms in total. The molecule has 0 amide bonds. The Morgan fingerprint density at radius 3 is 2.60 bits per heavy atom. The Labute approximate surface area is 122 Å². The summed E-state index contributed by atoms with van der Waals surface area (Å²) in [7, 11) is 0. The fourth-order valence-electron chi connectivity index (χ4n) is 1.94. The largest absolute Gasteiger partial charge is 0.306 e. The molecule has 0 fully saturated rings. The van der Waals surface area contributed by atoms with Crippen LogP contribution in [-0.4, -0.2) is 4.92 Å². The van der Waals surface area contributed by atoms with Crippen molar-refractivity contribution >= 4 is 17.3 Å². The molecule has 0 radical (unpaired) electrons. The molecule has 0 saturated carbocycles. The van der Waals surface area contributed by atoms with Crippen LogP contribution in [0.5, 0.6) is 0 Å². The van der Waals surface area contributed by atoms with E-state index in [0.29, 0.717) is 6.54 Å². The van der Waals surface area contributed by atoms with E-state index in [1.165, 1.54) is 11.6 Å². The van der Waals surface area contributed by atoms with Crippen LogP contribution >= 0.6 is 11.6 Å². The highest BCUT2D eigenvalue weighted by atomic mass is 35.5. The summed E-state index contributed by atoms with van der Waals surface area (Å²) in [6.45, 7) is 2.60. The van der Waals surface area contributed by atoms with Gasteiger partial charge >= 0.3 is 0 Å². The minimum Gasteiger partial charge on any atom is -0.306 e. The summed E-state index contributed by atoms with van der Waals surface area (Å²) >= 11 is 5.79. The van der Waals surface area contributed by atoms with E-state index >= 15 is 0 Å². The molecule has 1 atom stereocenters. The lowest BCUT2D eigenvalue weighted by atomic mass is 10.1. The predicted molar refractivity (Wildman–Crippen MR) is 79.8 cm³/mol. The Morgan fingerprint density at radius 2 is 1.95 bits per heavy atom. The lowest BCUT2D eigenvalue weighted by Crippen LogP contribution is -2.18. The summed E-state index contributed by atoms with van der Waals surface area (Å²) < 4.78 is 0. The summed E-state index contributed by atoms with van der Waals surface area (Å²) in [6, 6.07) is 15.1. The van der Waals surface area contributed by atoms with Gasteiger partial charge in [-0.05, 0) is 24.1 Å². The van der Waals surface area contributed by atoms with Crippen LogP contribution in [0.2, 0.25) is 5.02 Å². The third-order valence-corrected chi connectivity index (χ3v) is 3.44. The first kappa shape index (κ1) is 14.5. The zero-order valence-electron chi connectivity index (χ0n) is 11.0. The highest BCUT2D eigenvalue weighted by molar-refractivity contribution is 6.32. The summed E-state index contributed by atoms with van der Waals surface area (Å²) in [6.07, 6.45) is 0. The Kier molecular flexibility index (Phi) is 4.71. The Hall–Kier alpha value is -1.91. The molecule has 5 heteroatoms. The maximum atomic E-state index is 10.8. The van der Waals surface area contributed by atoms with E-state index in [1.54, 1.807) is 12.1 Å². The minimum absolute atomic E-state index is 0.0571. The smallest absolute Gasteiger partial charge is 0.288 e. The van der Waals surface area contributed by atoms with Gasteiger partial charge in [0.25, 0.3) is 5.69 Å². The zero-order chi connectivity index (χ0) is 14.5. The molecule has 2 aromatic carbocycles. The predicted octanol–water partition coefficient (Wildman–Crippen LogP) is 4.10. The molecule has 2 rings (SSSR count). The Bertz CT molecular complexity index is 602. The number of nitro groups is 1. The van der Waals surface area contributed by atoms with Crippen molar-refractivity contribution in [1.82, 2.24) is 5.32 Å². The normalized spacial score (nSPS) is 12.1. The van der Waals surface area contributed by atoms with Crippen LogP contribution in [0.1, 0.15) is 24.1 Å². The molecule has 1 unspecified atom stereocenters. The molecule has 0 aliphatic heterocycles. The van der Waals surface area contributed by atoms with Crippen LogP contribution in [-0.2, 0) is 6.54 Å². The lowest BCUT2D eigenvalue weighted by Gasteiger charge is -2.14. The first-order chi connectivity index (χ1) is 9.58. The molecule has 0 aromatic heterocycles. The van der Waals surface area contributed by atoms with Gasteiger partial charge in [-0.3, -0.25) is 10.1 Å². The van der Waals surface area contributed by atoms with Gasteiger partial charge in [-0.1, -0.05) is 48.0 Å². The average molecular weight is 291 g/mol. The van der Waals surface area contributed by atoms with Crippen LogP contribution in [0, 0.1) is 10.1 Å². The van der Waals surface area contributed by atoms with Crippen LogP contribution in [0.15, 0.2) is 48.5 Å². The quantitative estimate of drug-likeness (QED) is 0.666. The lowest BCUT2D eigenvalue weighted by molar-refractivity contribution is -0.384. The Morgan fingerprint density at radius 1 is 1.25 bits per heavy atom. The van der Waals surface area contributed by atoms with Crippen molar-refractivity contribution in [3.05, 3.63) is 74.8 Å². The second-order valence-electron chi connectivity index (χ2n) is 4.56. The fourth-order valence-corrected chi connectivity index (χ4v) is 2.13. The van der Waals surface area contributed by atoms with Crippen molar-refractivity contribution < 1.29 is 4.92 Å². The molecule has 20 heavy (non-hydrogen) atoms. The molecule has 0 saturated heterocycles. The van der Waals surface area contributed by atoms with Gasteiger partial charge in [0.2, 0.25) is 0 Å². The van der Waals surface area contributed by atoms with Crippen molar-refractivity contribution in [3.8, 4) is 0 Å². The van der Waals surface area contributed by atoms with Crippen LogP contribution in [0.25, 0.3) is 0 Å². The van der Waals surface area contributed by atoms with Crippen molar-refractivity contribution in [1.29, 1.82) is 0 Å². The maximum Gasteiger partial charge on any atom is 0.288 e. The monoisotopic (exact) mass is 290 g/mol. The van der Waals surface area contributed by atoms with E-state index in [9.17, 15) is 10.1 Å². The maximum absolute atomic E-state index is 10.8. The number of nitro benzene ring substituents is 1. The molecule has 104 valence electrons. The molecule has 0 heterocycles. The second-order valence-corrected chi connectivity index (χ2v) is 4.96. The van der Waals surface area contributed by atoms with Gasteiger partial charge in [0.15, 0.2) is 0 Å². The molecule has 0 spiro atoms. The SMILES string of the molecule is CC(NCc1ccc(Cl)c([N+](=O)[O-])c1)c1ccccc1. The molecule has 0 bridgehead atoms. The van der Waals surface area contributed by atoms with E-state index in [0.717, 1.165) is 5.56 Å². The van der Waals surface area contributed by atoms with Crippen LogP contribution in [0.4, 0.5) is 5.69 Å². The van der Waals surface area contributed by atoms with Crippen LogP contribution < -0.4 is 5.32 Å². The molecule has 2 aromatic rings. The number of hydrogen-bond acceptors (Lipinski definition) is 3. The average Bonchev–Trinajstić information content (AvgIpc) is 2.46. The number of halogens is 1. The number of nitrogens with zero attached hydrogens (tertiary/aromatic N) is 1. The fraction of sp³-hybridized carbons (Fsp3) is 0.200. The van der Waals surface area contributed by atoms with Crippen molar-refractivity contribution in [2.75, 3.05) is 0 Å². The second kappa shape index (κ2) is 6.50. The first-order valence-corrected chi connectivity index (χ1v) is 6.67. The third kappa shape index (κ3) is 3.56. The van der Waals surface area contributed by atoms with E-state index < -0.39 is 4.92 Å². The van der Waals surface area contributed by atoms with Crippen molar-refractivity contribution in [3.63, 3.8) is 0 Å². The summed E-state index contributed by atoms with van der Waals surface area (Å²) in [5.74, 6) is 0. The van der Waals surface area contributed by atoms with Gasteiger partial charge in [-0.2, -0.15) is 0 Å². The van der Waals surface area contributed by atoms with Crippen LogP contribution in [0.3, 0.4) is 0 Å². The zero-order valence-corrected chi connectivity index (χ0v) is 11.8. The van der Waals surface area contributed by atoms with Gasteiger partial charge < -0.3 is 5.32 Å². The van der Waals surface area contributed by atoms with E-state index in [-0.39, 0.29) is 16.8 Å². The standard InChI is InChI=1S/C15H15ClN2O2/c1-11(13-5-3-2-4-6-13)17-10-12-7-8-14(16)15(9-12)18(19)20/h2-9,11,17H,10H2,1H3. The molecule has 0 aliphatic rings. The number of nitrogens with one attached hydrogen (secondary N) is 1. The van der Waals surface area contributed by atoms with Gasteiger partial charge in [0.1, 0.15) is 5.02 Å². The topological polar surface area (TPSA) is 55.2 Å². The Balaban J connectivity index is 2.04. The highest BCUT2D eigenvalue weighted by Crippen LogP contribution is 2.25. The van der Waals surface area contributed by atoms with E-state index in [1.807, 2.05) is 30.3 Å². The molecular weight excluding hydrogens is 276 g/mol. The summed E-state index contributed by atoms with van der Waals surface area (Å²) in [4.78, 5) is 10.4.